The molecule has 0 radical (unpaired) electrons. The van der Waals surface area contributed by atoms with Crippen LogP contribution in [0.1, 0.15) is 41.3 Å². The van der Waals surface area contributed by atoms with Crippen LogP contribution in [0.2, 0.25) is 0 Å². The lowest BCUT2D eigenvalue weighted by Gasteiger charge is -2.06. The molecule has 2 heteroatoms. The van der Waals surface area contributed by atoms with Gasteiger partial charge < -0.3 is 4.74 Å². The normalized spacial score (nSPS) is 9.57. The van der Waals surface area contributed by atoms with Gasteiger partial charge in [-0.1, -0.05) is 61.2 Å². The molecular formula is C19H18O2. The van der Waals surface area contributed by atoms with Crippen molar-refractivity contribution >= 4 is 5.97 Å². The zero-order valence-corrected chi connectivity index (χ0v) is 12.1. The van der Waals surface area contributed by atoms with Crippen molar-refractivity contribution in [3.8, 4) is 11.8 Å². The van der Waals surface area contributed by atoms with Crippen molar-refractivity contribution in [1.82, 2.24) is 0 Å². The maximum Gasteiger partial charge on any atom is 0.339 e. The van der Waals surface area contributed by atoms with Crippen molar-refractivity contribution in [1.29, 1.82) is 0 Å². The summed E-state index contributed by atoms with van der Waals surface area (Å²) < 4.78 is 5.35. The average Bonchev–Trinajstić information content (AvgIpc) is 2.54. The molecule has 0 unspecified atom stereocenters. The lowest BCUT2D eigenvalue weighted by molar-refractivity contribution is 0.0472. The second kappa shape index (κ2) is 7.91. The van der Waals surface area contributed by atoms with Gasteiger partial charge in [0.15, 0.2) is 0 Å². The second-order valence-corrected chi connectivity index (χ2v) is 4.66. The number of benzene rings is 2. The summed E-state index contributed by atoms with van der Waals surface area (Å²) in [5.41, 5.74) is 2.22. The Morgan fingerprint density at radius 2 is 1.76 bits per heavy atom. The molecule has 0 saturated carbocycles. The lowest BCUT2D eigenvalue weighted by Crippen LogP contribution is -2.07. The zero-order chi connectivity index (χ0) is 14.9. The van der Waals surface area contributed by atoms with Crippen LogP contribution < -0.4 is 0 Å². The van der Waals surface area contributed by atoms with Gasteiger partial charge in [-0.3, -0.25) is 0 Å². The number of hydrogen-bond donors (Lipinski definition) is 0. The quantitative estimate of drug-likeness (QED) is 0.619. The Balaban J connectivity index is 2.07. The van der Waals surface area contributed by atoms with Crippen molar-refractivity contribution in [3.63, 3.8) is 0 Å². The number of ether oxygens (including phenoxy) is 1. The van der Waals surface area contributed by atoms with E-state index in [1.807, 2.05) is 48.5 Å². The van der Waals surface area contributed by atoms with Gasteiger partial charge in [0, 0.05) is 12.0 Å². The first-order valence-electron chi connectivity index (χ1n) is 7.10. The fourth-order valence-corrected chi connectivity index (χ4v) is 1.85. The van der Waals surface area contributed by atoms with Gasteiger partial charge in [0.2, 0.25) is 0 Å². The van der Waals surface area contributed by atoms with Crippen LogP contribution in [0.3, 0.4) is 0 Å². The van der Waals surface area contributed by atoms with Crippen molar-refractivity contribution < 1.29 is 9.53 Å². The third-order valence-electron chi connectivity index (χ3n) is 2.96. The van der Waals surface area contributed by atoms with Gasteiger partial charge in [0.05, 0.1) is 5.56 Å². The topological polar surface area (TPSA) is 26.3 Å². The highest BCUT2D eigenvalue weighted by Crippen LogP contribution is 2.11. The number of rotatable bonds is 4. The molecule has 0 amide bonds. The molecule has 0 N–H and O–H groups in total. The SMILES string of the molecule is CCCC#Cc1ccccc1C(=O)OCc1ccccc1. The van der Waals surface area contributed by atoms with E-state index in [1.165, 1.54) is 0 Å². The molecule has 2 aromatic carbocycles. The number of esters is 1. The third kappa shape index (κ3) is 4.50. The van der Waals surface area contributed by atoms with Crippen LogP contribution in [0.25, 0.3) is 0 Å². The largest absolute Gasteiger partial charge is 0.457 e. The molecule has 0 aliphatic heterocycles. The molecule has 2 nitrogen and oxygen atoms in total. The molecule has 0 heterocycles. The van der Waals surface area contributed by atoms with Crippen molar-refractivity contribution in [2.24, 2.45) is 0 Å². The van der Waals surface area contributed by atoms with Crippen molar-refractivity contribution in [2.45, 2.75) is 26.4 Å². The fourth-order valence-electron chi connectivity index (χ4n) is 1.85. The van der Waals surface area contributed by atoms with E-state index in [0.717, 1.165) is 24.0 Å². The Bertz CT molecular complexity index is 648. The Kier molecular flexibility index (Phi) is 5.60. The minimum absolute atomic E-state index is 0.274. The van der Waals surface area contributed by atoms with Gasteiger partial charge >= 0.3 is 5.97 Å². The van der Waals surface area contributed by atoms with Gasteiger partial charge in [-0.15, -0.1) is 0 Å². The van der Waals surface area contributed by atoms with Gasteiger partial charge in [-0.2, -0.15) is 0 Å². The van der Waals surface area contributed by atoms with E-state index in [2.05, 4.69) is 18.8 Å². The van der Waals surface area contributed by atoms with E-state index in [1.54, 1.807) is 6.07 Å². The summed E-state index contributed by atoms with van der Waals surface area (Å²) in [5.74, 6) is 5.77. The predicted octanol–water partition coefficient (Wildman–Crippen LogP) is 4.20. The van der Waals surface area contributed by atoms with Crippen LogP contribution in [-0.2, 0) is 11.3 Å². The summed E-state index contributed by atoms with van der Waals surface area (Å²) >= 11 is 0. The Labute approximate surface area is 125 Å². The average molecular weight is 278 g/mol. The zero-order valence-electron chi connectivity index (χ0n) is 12.1. The Hall–Kier alpha value is -2.53. The van der Waals surface area contributed by atoms with E-state index >= 15 is 0 Å². The number of carbonyl (C=O) groups is 1. The number of unbranched alkanes of at least 4 members (excludes halogenated alkanes) is 1. The van der Waals surface area contributed by atoms with Crippen molar-refractivity contribution in [2.75, 3.05) is 0 Å². The van der Waals surface area contributed by atoms with E-state index in [4.69, 9.17) is 4.74 Å². The first kappa shape index (κ1) is 14.9. The molecule has 0 bridgehead atoms. The van der Waals surface area contributed by atoms with E-state index in [9.17, 15) is 4.79 Å². The molecule has 0 aliphatic rings. The summed E-state index contributed by atoms with van der Waals surface area (Å²) in [4.78, 5) is 12.2. The van der Waals surface area contributed by atoms with Crippen LogP contribution in [0, 0.1) is 11.8 Å². The molecule has 2 aromatic rings. The Morgan fingerprint density at radius 1 is 1.05 bits per heavy atom. The first-order valence-corrected chi connectivity index (χ1v) is 7.10. The minimum Gasteiger partial charge on any atom is -0.457 e. The number of hydrogen-bond acceptors (Lipinski definition) is 2. The predicted molar refractivity (Wildman–Crippen MR) is 83.8 cm³/mol. The van der Waals surface area contributed by atoms with Crippen LogP contribution in [0.15, 0.2) is 54.6 Å². The van der Waals surface area contributed by atoms with E-state index in [0.29, 0.717) is 5.56 Å². The molecule has 0 saturated heterocycles. The second-order valence-electron chi connectivity index (χ2n) is 4.66. The molecule has 106 valence electrons. The molecule has 0 aromatic heterocycles. The van der Waals surface area contributed by atoms with Crippen LogP contribution in [-0.4, -0.2) is 5.97 Å². The lowest BCUT2D eigenvalue weighted by atomic mass is 10.1. The molecule has 2 rings (SSSR count). The monoisotopic (exact) mass is 278 g/mol. The van der Waals surface area contributed by atoms with Gasteiger partial charge in [0.25, 0.3) is 0 Å². The van der Waals surface area contributed by atoms with Crippen molar-refractivity contribution in [3.05, 3.63) is 71.3 Å². The van der Waals surface area contributed by atoms with Crippen LogP contribution in [0.5, 0.6) is 0 Å². The molecule has 21 heavy (non-hydrogen) atoms. The maximum atomic E-state index is 12.2. The first-order chi connectivity index (χ1) is 10.3. The van der Waals surface area contributed by atoms with Crippen LogP contribution >= 0.6 is 0 Å². The summed E-state index contributed by atoms with van der Waals surface area (Å²) in [7, 11) is 0. The van der Waals surface area contributed by atoms with Gasteiger partial charge in [0.1, 0.15) is 6.61 Å². The van der Waals surface area contributed by atoms with E-state index in [-0.39, 0.29) is 12.6 Å². The summed E-state index contributed by atoms with van der Waals surface area (Å²) in [6.07, 6.45) is 1.83. The van der Waals surface area contributed by atoms with Gasteiger partial charge in [-0.25, -0.2) is 4.79 Å². The highest BCUT2D eigenvalue weighted by molar-refractivity contribution is 5.92. The van der Waals surface area contributed by atoms with Gasteiger partial charge in [-0.05, 0) is 24.1 Å². The fraction of sp³-hybridized carbons (Fsp3) is 0.211. The molecule has 0 atom stereocenters. The summed E-state index contributed by atoms with van der Waals surface area (Å²) in [6.45, 7) is 2.35. The molecule has 0 fully saturated rings. The minimum atomic E-state index is -0.333. The number of carbonyl (C=O) groups excluding carboxylic acids is 1. The maximum absolute atomic E-state index is 12.2. The summed E-state index contributed by atoms with van der Waals surface area (Å²) in [6, 6.07) is 16.9. The molecule has 0 aliphatic carbocycles. The molecular weight excluding hydrogens is 260 g/mol. The highest BCUT2D eigenvalue weighted by Gasteiger charge is 2.11. The summed E-state index contributed by atoms with van der Waals surface area (Å²) in [5, 5.41) is 0. The van der Waals surface area contributed by atoms with Crippen LogP contribution in [0.4, 0.5) is 0 Å². The highest BCUT2D eigenvalue weighted by atomic mass is 16.5. The third-order valence-corrected chi connectivity index (χ3v) is 2.96. The standard InChI is InChI=1S/C19H18O2/c1-2-3-5-12-17-13-8-9-14-18(17)19(20)21-15-16-10-6-4-7-11-16/h4,6-11,13-14H,2-3,15H2,1H3. The molecule has 0 spiro atoms. The van der Waals surface area contributed by atoms with E-state index < -0.39 is 0 Å². The Morgan fingerprint density at radius 3 is 2.52 bits per heavy atom. The smallest absolute Gasteiger partial charge is 0.339 e.